The SMILES string of the molecule is NC(=O)CC1(c2ccncc2)SC=CN1c1ccccc1C=O. The van der Waals surface area contributed by atoms with Gasteiger partial charge < -0.3 is 10.6 Å². The Morgan fingerprint density at radius 2 is 2.00 bits per heavy atom. The van der Waals surface area contributed by atoms with Crippen molar-refractivity contribution in [3.8, 4) is 0 Å². The van der Waals surface area contributed by atoms with Gasteiger partial charge in [0.1, 0.15) is 4.87 Å². The molecule has 116 valence electrons. The molecule has 2 N–H and O–H groups in total. The number of amides is 1. The Balaban J connectivity index is 2.15. The van der Waals surface area contributed by atoms with Gasteiger partial charge in [-0.05, 0) is 35.2 Å². The maximum Gasteiger partial charge on any atom is 0.221 e. The van der Waals surface area contributed by atoms with E-state index < -0.39 is 10.8 Å². The van der Waals surface area contributed by atoms with Crippen LogP contribution < -0.4 is 10.6 Å². The number of hydrogen-bond donors (Lipinski definition) is 1. The van der Waals surface area contributed by atoms with Crippen LogP contribution in [0.5, 0.6) is 0 Å². The van der Waals surface area contributed by atoms with E-state index in [1.165, 1.54) is 11.8 Å². The van der Waals surface area contributed by atoms with Gasteiger partial charge in [0, 0.05) is 24.2 Å². The minimum Gasteiger partial charge on any atom is -0.370 e. The third-order valence-electron chi connectivity index (χ3n) is 3.73. The van der Waals surface area contributed by atoms with E-state index in [4.69, 9.17) is 5.73 Å². The topological polar surface area (TPSA) is 76.3 Å². The van der Waals surface area contributed by atoms with Gasteiger partial charge in [-0.3, -0.25) is 14.6 Å². The minimum atomic E-state index is -0.714. The Morgan fingerprint density at radius 1 is 1.26 bits per heavy atom. The summed E-state index contributed by atoms with van der Waals surface area (Å²) in [6, 6.07) is 11.0. The Bertz CT molecular complexity index is 763. The monoisotopic (exact) mass is 325 g/mol. The predicted octanol–water partition coefficient (Wildman–Crippen LogP) is 2.65. The molecule has 0 radical (unpaired) electrons. The second-order valence-electron chi connectivity index (χ2n) is 5.11. The molecule has 0 saturated heterocycles. The van der Waals surface area contributed by atoms with E-state index in [2.05, 4.69) is 4.98 Å². The molecular weight excluding hydrogens is 310 g/mol. The van der Waals surface area contributed by atoms with Gasteiger partial charge in [-0.15, -0.1) is 0 Å². The first kappa shape index (κ1) is 15.3. The highest BCUT2D eigenvalue weighted by molar-refractivity contribution is 8.03. The summed E-state index contributed by atoms with van der Waals surface area (Å²) >= 11 is 1.49. The van der Waals surface area contributed by atoms with Crippen LogP contribution in [-0.2, 0) is 9.67 Å². The molecule has 1 aromatic heterocycles. The fraction of sp³-hybridized carbons (Fsp3) is 0.118. The van der Waals surface area contributed by atoms with Crippen molar-refractivity contribution in [1.82, 2.24) is 4.98 Å². The van der Waals surface area contributed by atoms with Crippen molar-refractivity contribution >= 4 is 29.6 Å². The van der Waals surface area contributed by atoms with E-state index in [0.29, 0.717) is 5.56 Å². The molecule has 0 saturated carbocycles. The van der Waals surface area contributed by atoms with Gasteiger partial charge in [0.15, 0.2) is 6.29 Å². The van der Waals surface area contributed by atoms with Crippen LogP contribution in [0.4, 0.5) is 5.69 Å². The van der Waals surface area contributed by atoms with E-state index >= 15 is 0 Å². The third kappa shape index (κ3) is 2.73. The Hall–Kier alpha value is -2.60. The van der Waals surface area contributed by atoms with Gasteiger partial charge in [0.25, 0.3) is 0 Å². The number of benzene rings is 1. The van der Waals surface area contributed by atoms with Crippen molar-refractivity contribution in [3.63, 3.8) is 0 Å². The second kappa shape index (κ2) is 6.26. The number of para-hydroxylation sites is 1. The fourth-order valence-electron chi connectivity index (χ4n) is 2.75. The average Bonchev–Trinajstić information content (AvgIpc) is 2.99. The lowest BCUT2D eigenvalue weighted by molar-refractivity contribution is -0.118. The average molecular weight is 325 g/mol. The summed E-state index contributed by atoms with van der Waals surface area (Å²) in [5.41, 5.74) is 7.71. The number of nitrogens with zero attached hydrogens (tertiary/aromatic N) is 2. The number of thioether (sulfide) groups is 1. The van der Waals surface area contributed by atoms with E-state index in [1.54, 1.807) is 18.5 Å². The third-order valence-corrected chi connectivity index (χ3v) is 4.96. The van der Waals surface area contributed by atoms with Crippen LogP contribution >= 0.6 is 11.8 Å². The first-order valence-electron chi connectivity index (χ1n) is 7.04. The molecule has 1 unspecified atom stereocenters. The number of pyridine rings is 1. The van der Waals surface area contributed by atoms with E-state index in [1.807, 2.05) is 46.8 Å². The van der Waals surface area contributed by atoms with Crippen molar-refractivity contribution in [3.05, 3.63) is 71.5 Å². The number of hydrogen-bond acceptors (Lipinski definition) is 5. The first-order valence-corrected chi connectivity index (χ1v) is 7.92. The lowest BCUT2D eigenvalue weighted by Crippen LogP contribution is -2.41. The minimum absolute atomic E-state index is 0.113. The maximum atomic E-state index is 11.7. The standard InChI is InChI=1S/C17H15N3O2S/c18-16(22)11-17(14-5-7-19-8-6-14)20(9-10-23-17)15-4-2-1-3-13(15)12-21/h1-10,12H,11H2,(H2,18,22). The molecule has 5 nitrogen and oxygen atoms in total. The number of carbonyl (C=O) groups is 2. The Labute approximate surface area is 138 Å². The molecule has 2 heterocycles. The molecule has 0 spiro atoms. The highest BCUT2D eigenvalue weighted by Crippen LogP contribution is 2.50. The number of anilines is 1. The molecule has 0 fully saturated rings. The first-order chi connectivity index (χ1) is 11.2. The normalized spacial score (nSPS) is 19.7. The molecule has 1 atom stereocenters. The molecule has 0 bridgehead atoms. The van der Waals surface area contributed by atoms with Gasteiger partial charge in [0.05, 0.1) is 12.1 Å². The van der Waals surface area contributed by atoms with Crippen LogP contribution in [-0.4, -0.2) is 17.2 Å². The summed E-state index contributed by atoms with van der Waals surface area (Å²) in [5, 5.41) is 1.91. The zero-order chi connectivity index (χ0) is 16.3. The zero-order valence-electron chi connectivity index (χ0n) is 12.3. The Morgan fingerprint density at radius 3 is 2.70 bits per heavy atom. The largest absolute Gasteiger partial charge is 0.370 e. The highest BCUT2D eigenvalue weighted by atomic mass is 32.2. The molecule has 1 amide bonds. The van der Waals surface area contributed by atoms with Crippen LogP contribution in [0.3, 0.4) is 0 Å². The molecule has 1 aliphatic rings. The molecule has 1 aliphatic heterocycles. The van der Waals surface area contributed by atoms with Crippen LogP contribution in [0.2, 0.25) is 0 Å². The lowest BCUT2D eigenvalue weighted by Gasteiger charge is -2.38. The maximum absolute atomic E-state index is 11.7. The summed E-state index contributed by atoms with van der Waals surface area (Å²) in [6.45, 7) is 0. The van der Waals surface area contributed by atoms with Crippen LogP contribution in [0, 0.1) is 0 Å². The zero-order valence-corrected chi connectivity index (χ0v) is 13.1. The van der Waals surface area contributed by atoms with E-state index in [9.17, 15) is 9.59 Å². The molecular formula is C17H15N3O2S. The van der Waals surface area contributed by atoms with Crippen LogP contribution in [0.15, 0.2) is 60.4 Å². The summed E-state index contributed by atoms with van der Waals surface area (Å²) in [5.74, 6) is -0.411. The summed E-state index contributed by atoms with van der Waals surface area (Å²) in [6.07, 6.45) is 6.16. The second-order valence-corrected chi connectivity index (χ2v) is 6.30. The van der Waals surface area contributed by atoms with Crippen LogP contribution in [0.1, 0.15) is 22.3 Å². The summed E-state index contributed by atoms with van der Waals surface area (Å²) in [7, 11) is 0. The number of aldehydes is 1. The number of aromatic nitrogens is 1. The van der Waals surface area contributed by atoms with Gasteiger partial charge in [-0.2, -0.15) is 0 Å². The molecule has 0 aliphatic carbocycles. The van der Waals surface area contributed by atoms with E-state index in [-0.39, 0.29) is 6.42 Å². The number of rotatable bonds is 5. The van der Waals surface area contributed by atoms with Crippen molar-refractivity contribution in [2.24, 2.45) is 5.73 Å². The number of carbonyl (C=O) groups excluding carboxylic acids is 2. The van der Waals surface area contributed by atoms with Crippen molar-refractivity contribution < 1.29 is 9.59 Å². The summed E-state index contributed by atoms with van der Waals surface area (Å²) < 4.78 is 0. The smallest absolute Gasteiger partial charge is 0.221 e. The van der Waals surface area contributed by atoms with Gasteiger partial charge >= 0.3 is 0 Å². The van der Waals surface area contributed by atoms with Gasteiger partial charge in [-0.25, -0.2) is 0 Å². The molecule has 2 aromatic rings. The van der Waals surface area contributed by atoms with E-state index in [0.717, 1.165) is 17.5 Å². The van der Waals surface area contributed by atoms with Crippen molar-refractivity contribution in [2.45, 2.75) is 11.3 Å². The molecule has 3 rings (SSSR count). The number of nitrogens with two attached hydrogens (primary N) is 1. The van der Waals surface area contributed by atoms with Gasteiger partial charge in [0.2, 0.25) is 5.91 Å². The molecule has 6 heteroatoms. The quantitative estimate of drug-likeness (QED) is 0.855. The molecule has 23 heavy (non-hydrogen) atoms. The predicted molar refractivity (Wildman–Crippen MR) is 90.8 cm³/mol. The van der Waals surface area contributed by atoms with Crippen molar-refractivity contribution in [2.75, 3.05) is 4.90 Å². The highest BCUT2D eigenvalue weighted by Gasteiger charge is 2.43. The van der Waals surface area contributed by atoms with Gasteiger partial charge in [-0.1, -0.05) is 23.9 Å². The molecule has 1 aromatic carbocycles. The Kier molecular flexibility index (Phi) is 4.16. The summed E-state index contributed by atoms with van der Waals surface area (Å²) in [4.78, 5) is 28.4. The van der Waals surface area contributed by atoms with Crippen molar-refractivity contribution in [1.29, 1.82) is 0 Å². The number of primary amides is 1. The lowest BCUT2D eigenvalue weighted by atomic mass is 10.00. The fourth-order valence-corrected chi connectivity index (χ4v) is 3.93. The van der Waals surface area contributed by atoms with Crippen LogP contribution in [0.25, 0.3) is 0 Å².